The summed E-state index contributed by atoms with van der Waals surface area (Å²) in [5.74, 6) is 0.265. The van der Waals surface area contributed by atoms with Gasteiger partial charge in [0.05, 0.1) is 23.6 Å². The number of carbonyl (C=O) groups excluding carboxylic acids is 1. The number of amides is 1. The lowest BCUT2D eigenvalue weighted by molar-refractivity contribution is 0.102. The van der Waals surface area contributed by atoms with Gasteiger partial charge in [0, 0.05) is 7.05 Å². The highest BCUT2D eigenvalue weighted by atomic mass is 32.1. The summed E-state index contributed by atoms with van der Waals surface area (Å²) in [7, 11) is 1.71. The van der Waals surface area contributed by atoms with Crippen molar-refractivity contribution in [3.05, 3.63) is 22.8 Å². The van der Waals surface area contributed by atoms with E-state index in [1.807, 2.05) is 0 Å². The van der Waals surface area contributed by atoms with Crippen molar-refractivity contribution in [2.75, 3.05) is 11.1 Å². The second kappa shape index (κ2) is 3.70. The number of nitrogen functional groups attached to an aromatic ring is 1. The number of aromatic nitrogens is 3. The van der Waals surface area contributed by atoms with Crippen LogP contribution in [0.2, 0.25) is 0 Å². The van der Waals surface area contributed by atoms with E-state index in [4.69, 9.17) is 5.73 Å². The fourth-order valence-corrected chi connectivity index (χ4v) is 1.62. The van der Waals surface area contributed by atoms with Gasteiger partial charge in [-0.05, 0) is 0 Å². The molecule has 0 aromatic carbocycles. The molecule has 2 aromatic rings. The largest absolute Gasteiger partial charge is 0.394 e. The highest BCUT2D eigenvalue weighted by Gasteiger charge is 2.12. The minimum absolute atomic E-state index is 0.229. The summed E-state index contributed by atoms with van der Waals surface area (Å²) < 4.78 is 1.51. The Labute approximate surface area is 89.7 Å². The van der Waals surface area contributed by atoms with E-state index in [2.05, 4.69) is 15.4 Å². The zero-order valence-electron chi connectivity index (χ0n) is 7.97. The fraction of sp³-hybridized carbons (Fsp3) is 0.125. The maximum absolute atomic E-state index is 11.6. The first-order valence-corrected chi connectivity index (χ1v) is 5.04. The van der Waals surface area contributed by atoms with Crippen molar-refractivity contribution >= 4 is 28.7 Å². The molecule has 2 rings (SSSR count). The van der Waals surface area contributed by atoms with E-state index >= 15 is 0 Å². The average Bonchev–Trinajstić information content (AvgIpc) is 2.82. The van der Waals surface area contributed by atoms with Crippen LogP contribution in [-0.2, 0) is 7.05 Å². The molecule has 1 amide bonds. The number of carbonyl (C=O) groups is 1. The number of thiazole rings is 1. The first-order valence-electron chi connectivity index (χ1n) is 4.16. The maximum atomic E-state index is 11.6. The van der Waals surface area contributed by atoms with Gasteiger partial charge in [0.1, 0.15) is 4.88 Å². The summed E-state index contributed by atoms with van der Waals surface area (Å²) in [5.41, 5.74) is 7.67. The number of nitrogens with two attached hydrogens (primary N) is 1. The van der Waals surface area contributed by atoms with Crippen LogP contribution in [0.15, 0.2) is 17.9 Å². The van der Waals surface area contributed by atoms with E-state index in [9.17, 15) is 4.79 Å². The molecule has 0 spiro atoms. The summed E-state index contributed by atoms with van der Waals surface area (Å²) in [6, 6.07) is 0. The van der Waals surface area contributed by atoms with Crippen molar-refractivity contribution in [2.45, 2.75) is 0 Å². The van der Waals surface area contributed by atoms with Crippen LogP contribution < -0.4 is 11.1 Å². The Morgan fingerprint density at radius 2 is 2.40 bits per heavy atom. The zero-order chi connectivity index (χ0) is 10.8. The Balaban J connectivity index is 2.20. The lowest BCUT2D eigenvalue weighted by Gasteiger charge is -2.04. The third-order valence-corrected chi connectivity index (χ3v) is 2.63. The normalized spacial score (nSPS) is 10.2. The lowest BCUT2D eigenvalue weighted by atomic mass is 10.4. The predicted octanol–water partition coefficient (Wildman–Crippen LogP) is 0.711. The molecule has 2 aromatic heterocycles. The molecule has 15 heavy (non-hydrogen) atoms. The van der Waals surface area contributed by atoms with Crippen LogP contribution in [0.4, 0.5) is 11.5 Å². The summed E-state index contributed by atoms with van der Waals surface area (Å²) in [4.78, 5) is 16.0. The van der Waals surface area contributed by atoms with Crippen molar-refractivity contribution in [1.29, 1.82) is 0 Å². The number of nitrogens with one attached hydrogen (secondary N) is 1. The predicted molar refractivity (Wildman–Crippen MR) is 57.7 cm³/mol. The molecule has 3 N–H and O–H groups in total. The molecule has 78 valence electrons. The molecular formula is C8H9N5OS. The van der Waals surface area contributed by atoms with Gasteiger partial charge < -0.3 is 11.1 Å². The van der Waals surface area contributed by atoms with Gasteiger partial charge in [0.25, 0.3) is 5.91 Å². The minimum atomic E-state index is -0.229. The van der Waals surface area contributed by atoms with Gasteiger partial charge in [0.15, 0.2) is 5.82 Å². The molecule has 0 unspecified atom stereocenters. The molecule has 0 fully saturated rings. The van der Waals surface area contributed by atoms with Crippen LogP contribution in [0.3, 0.4) is 0 Å². The van der Waals surface area contributed by atoms with Gasteiger partial charge in [-0.25, -0.2) is 0 Å². The van der Waals surface area contributed by atoms with E-state index < -0.39 is 0 Å². The van der Waals surface area contributed by atoms with Gasteiger partial charge in [-0.2, -0.15) is 5.10 Å². The van der Waals surface area contributed by atoms with E-state index in [1.165, 1.54) is 28.4 Å². The Morgan fingerprint density at radius 3 is 2.93 bits per heavy atom. The quantitative estimate of drug-likeness (QED) is 0.785. The summed E-state index contributed by atoms with van der Waals surface area (Å²) in [6.45, 7) is 0. The molecule has 7 heteroatoms. The fourth-order valence-electron chi connectivity index (χ4n) is 1.10. The molecule has 0 bridgehead atoms. The Kier molecular flexibility index (Phi) is 2.38. The number of aryl methyl sites for hydroxylation is 1. The minimum Gasteiger partial charge on any atom is -0.394 e. The Hall–Kier alpha value is -1.89. The van der Waals surface area contributed by atoms with Crippen LogP contribution in [0.5, 0.6) is 0 Å². The van der Waals surface area contributed by atoms with E-state index in [-0.39, 0.29) is 5.91 Å². The van der Waals surface area contributed by atoms with Crippen molar-refractivity contribution in [2.24, 2.45) is 7.05 Å². The highest BCUT2D eigenvalue weighted by Crippen LogP contribution is 2.17. The van der Waals surface area contributed by atoms with Crippen molar-refractivity contribution < 1.29 is 4.79 Å². The molecule has 0 radical (unpaired) electrons. The van der Waals surface area contributed by atoms with Gasteiger partial charge in [-0.15, -0.1) is 11.3 Å². The molecule has 6 nitrogen and oxygen atoms in total. The molecule has 2 heterocycles. The van der Waals surface area contributed by atoms with Crippen LogP contribution in [0.25, 0.3) is 0 Å². The van der Waals surface area contributed by atoms with Crippen LogP contribution in [0.1, 0.15) is 9.67 Å². The second-order valence-corrected chi connectivity index (χ2v) is 3.78. The zero-order valence-corrected chi connectivity index (χ0v) is 8.78. The third-order valence-electron chi connectivity index (χ3n) is 1.86. The van der Waals surface area contributed by atoms with Crippen molar-refractivity contribution in [3.8, 4) is 0 Å². The summed E-state index contributed by atoms with van der Waals surface area (Å²) >= 11 is 1.27. The number of nitrogens with zero attached hydrogens (tertiary/aromatic N) is 3. The second-order valence-electron chi connectivity index (χ2n) is 2.89. The highest BCUT2D eigenvalue weighted by molar-refractivity contribution is 7.11. The molecule has 0 saturated carbocycles. The molecule has 0 saturated heterocycles. The maximum Gasteiger partial charge on any atom is 0.268 e. The van der Waals surface area contributed by atoms with E-state index in [0.29, 0.717) is 16.4 Å². The van der Waals surface area contributed by atoms with Crippen molar-refractivity contribution in [3.63, 3.8) is 0 Å². The average molecular weight is 223 g/mol. The SMILES string of the molecule is Cn1ncc(N)c1NC(=O)c1cncs1. The van der Waals surface area contributed by atoms with Gasteiger partial charge in [0.2, 0.25) is 0 Å². The standard InChI is InChI=1S/C8H9N5OS/c1-13-7(5(9)2-11-13)12-8(14)6-3-10-4-15-6/h2-4H,9H2,1H3,(H,12,14). The molecule has 0 aliphatic heterocycles. The molecule has 0 aliphatic carbocycles. The molecule has 0 atom stereocenters. The Bertz CT molecular complexity index is 456. The number of hydrogen-bond acceptors (Lipinski definition) is 5. The van der Waals surface area contributed by atoms with E-state index in [1.54, 1.807) is 12.6 Å². The Morgan fingerprint density at radius 1 is 1.60 bits per heavy atom. The summed E-state index contributed by atoms with van der Waals surface area (Å²) in [6.07, 6.45) is 2.99. The first-order chi connectivity index (χ1) is 7.18. The number of rotatable bonds is 2. The number of hydrogen-bond donors (Lipinski definition) is 2. The van der Waals surface area contributed by atoms with Gasteiger partial charge >= 0.3 is 0 Å². The van der Waals surface area contributed by atoms with Crippen molar-refractivity contribution in [1.82, 2.24) is 14.8 Å². The molecule has 0 aliphatic rings. The van der Waals surface area contributed by atoms with Crippen LogP contribution in [-0.4, -0.2) is 20.7 Å². The van der Waals surface area contributed by atoms with Crippen LogP contribution in [0, 0.1) is 0 Å². The molecular weight excluding hydrogens is 214 g/mol. The monoisotopic (exact) mass is 223 g/mol. The third kappa shape index (κ3) is 1.82. The lowest BCUT2D eigenvalue weighted by Crippen LogP contribution is -2.14. The van der Waals surface area contributed by atoms with Gasteiger partial charge in [-0.3, -0.25) is 14.5 Å². The topological polar surface area (TPSA) is 85.8 Å². The van der Waals surface area contributed by atoms with E-state index in [0.717, 1.165) is 0 Å². The first kappa shape index (κ1) is 9.66. The van der Waals surface area contributed by atoms with Gasteiger partial charge in [-0.1, -0.05) is 0 Å². The van der Waals surface area contributed by atoms with Crippen LogP contribution >= 0.6 is 11.3 Å². The number of anilines is 2. The summed E-state index contributed by atoms with van der Waals surface area (Å²) in [5, 5.41) is 6.58. The smallest absolute Gasteiger partial charge is 0.268 e.